The highest BCUT2D eigenvalue weighted by atomic mass is 16.6. The summed E-state index contributed by atoms with van der Waals surface area (Å²) >= 11 is 0. The molecule has 2 amide bonds. The fourth-order valence-corrected chi connectivity index (χ4v) is 3.83. The predicted molar refractivity (Wildman–Crippen MR) is 114 cm³/mol. The molecule has 1 atom stereocenters. The van der Waals surface area contributed by atoms with E-state index in [9.17, 15) is 9.59 Å². The quantitative estimate of drug-likeness (QED) is 0.732. The minimum absolute atomic E-state index is 0.0113. The lowest BCUT2D eigenvalue weighted by Gasteiger charge is -2.19. The van der Waals surface area contributed by atoms with E-state index in [-0.39, 0.29) is 24.2 Å². The molecule has 1 N–H and O–H groups in total. The summed E-state index contributed by atoms with van der Waals surface area (Å²) in [4.78, 5) is 26.9. The molecule has 164 valence electrons. The van der Waals surface area contributed by atoms with Crippen molar-refractivity contribution in [2.45, 2.75) is 12.8 Å². The van der Waals surface area contributed by atoms with E-state index >= 15 is 0 Å². The second-order valence-electron chi connectivity index (χ2n) is 7.53. The molecule has 1 saturated heterocycles. The lowest BCUT2D eigenvalue weighted by atomic mass is 10.1. The number of fused-ring (bicyclic) bond motifs is 1. The van der Waals surface area contributed by atoms with Crippen LogP contribution in [0, 0.1) is 5.92 Å². The third-order valence-electron chi connectivity index (χ3n) is 5.51. The molecule has 0 unspecified atom stereocenters. The van der Waals surface area contributed by atoms with Crippen LogP contribution in [-0.2, 0) is 16.0 Å². The molecule has 0 saturated carbocycles. The minimum Gasteiger partial charge on any atom is -0.493 e. The van der Waals surface area contributed by atoms with Crippen molar-refractivity contribution in [2.24, 2.45) is 5.92 Å². The first-order valence-electron chi connectivity index (χ1n) is 10.3. The summed E-state index contributed by atoms with van der Waals surface area (Å²) in [5.74, 6) is 2.04. The zero-order valence-electron chi connectivity index (χ0n) is 17.7. The molecule has 8 nitrogen and oxygen atoms in total. The van der Waals surface area contributed by atoms with Crippen LogP contribution in [0.1, 0.15) is 12.0 Å². The van der Waals surface area contributed by atoms with Crippen LogP contribution in [0.4, 0.5) is 5.69 Å². The van der Waals surface area contributed by atoms with Gasteiger partial charge in [-0.25, -0.2) is 0 Å². The number of ether oxygens (including phenoxy) is 4. The zero-order chi connectivity index (χ0) is 21.8. The summed E-state index contributed by atoms with van der Waals surface area (Å²) in [5.41, 5.74) is 1.67. The van der Waals surface area contributed by atoms with E-state index in [1.807, 2.05) is 18.2 Å². The van der Waals surface area contributed by atoms with Gasteiger partial charge in [-0.15, -0.1) is 0 Å². The summed E-state index contributed by atoms with van der Waals surface area (Å²) in [7, 11) is 3.19. The second kappa shape index (κ2) is 9.16. The van der Waals surface area contributed by atoms with Crippen molar-refractivity contribution in [2.75, 3.05) is 45.8 Å². The Bertz CT molecular complexity index is 977. The summed E-state index contributed by atoms with van der Waals surface area (Å²) in [5, 5.41) is 2.89. The van der Waals surface area contributed by atoms with E-state index < -0.39 is 0 Å². The molecule has 0 aliphatic carbocycles. The summed E-state index contributed by atoms with van der Waals surface area (Å²) in [6.07, 6.45) is 0.880. The maximum Gasteiger partial charge on any atom is 0.229 e. The van der Waals surface area contributed by atoms with Gasteiger partial charge >= 0.3 is 0 Å². The molecular formula is C23H26N2O6. The van der Waals surface area contributed by atoms with Gasteiger partial charge in [0.2, 0.25) is 11.8 Å². The number of amides is 2. The molecule has 2 aliphatic rings. The molecular weight excluding hydrogens is 400 g/mol. The van der Waals surface area contributed by atoms with Crippen molar-refractivity contribution in [1.29, 1.82) is 0 Å². The van der Waals surface area contributed by atoms with Gasteiger partial charge < -0.3 is 29.2 Å². The van der Waals surface area contributed by atoms with Crippen LogP contribution < -0.4 is 24.3 Å². The van der Waals surface area contributed by atoms with Gasteiger partial charge in [0, 0.05) is 31.3 Å². The molecule has 2 aromatic rings. The number of rotatable bonds is 7. The van der Waals surface area contributed by atoms with E-state index in [0.717, 1.165) is 5.56 Å². The van der Waals surface area contributed by atoms with Gasteiger partial charge in [-0.2, -0.15) is 0 Å². The smallest absolute Gasteiger partial charge is 0.229 e. The Labute approximate surface area is 181 Å². The van der Waals surface area contributed by atoms with E-state index in [0.29, 0.717) is 61.4 Å². The van der Waals surface area contributed by atoms with Crippen LogP contribution >= 0.6 is 0 Å². The molecule has 2 heterocycles. The second-order valence-corrected chi connectivity index (χ2v) is 7.53. The molecule has 0 bridgehead atoms. The number of anilines is 1. The van der Waals surface area contributed by atoms with Gasteiger partial charge in [-0.1, -0.05) is 6.07 Å². The number of nitrogens with zero attached hydrogens (tertiary/aromatic N) is 1. The number of methoxy groups -OCH3 is 2. The highest BCUT2D eigenvalue weighted by Gasteiger charge is 2.34. The largest absolute Gasteiger partial charge is 0.493 e. The lowest BCUT2D eigenvalue weighted by molar-refractivity contribution is -0.128. The van der Waals surface area contributed by atoms with Crippen LogP contribution in [0.5, 0.6) is 23.0 Å². The normalized spacial score (nSPS) is 17.4. The Kier molecular flexibility index (Phi) is 6.16. The van der Waals surface area contributed by atoms with Crippen molar-refractivity contribution >= 4 is 17.5 Å². The fraction of sp³-hybridized carbons (Fsp3) is 0.391. The monoisotopic (exact) mass is 426 g/mol. The molecule has 0 aromatic heterocycles. The third-order valence-corrected chi connectivity index (χ3v) is 5.51. The van der Waals surface area contributed by atoms with Crippen molar-refractivity contribution in [3.05, 3.63) is 42.0 Å². The average Bonchev–Trinajstić information content (AvgIpc) is 3.18. The van der Waals surface area contributed by atoms with Crippen molar-refractivity contribution in [3.63, 3.8) is 0 Å². The highest BCUT2D eigenvalue weighted by Crippen LogP contribution is 2.33. The van der Waals surface area contributed by atoms with E-state index in [1.54, 1.807) is 37.3 Å². The Morgan fingerprint density at radius 2 is 1.84 bits per heavy atom. The minimum atomic E-state index is -0.383. The zero-order valence-corrected chi connectivity index (χ0v) is 17.7. The van der Waals surface area contributed by atoms with Crippen molar-refractivity contribution in [3.8, 4) is 23.0 Å². The Morgan fingerprint density at radius 1 is 1.06 bits per heavy atom. The Hall–Kier alpha value is -3.42. The molecule has 2 aromatic carbocycles. The number of carbonyl (C=O) groups is 2. The molecule has 0 radical (unpaired) electrons. The van der Waals surface area contributed by atoms with Gasteiger partial charge in [0.25, 0.3) is 0 Å². The topological polar surface area (TPSA) is 86.3 Å². The summed E-state index contributed by atoms with van der Waals surface area (Å²) in [6.45, 7) is 1.95. The molecule has 0 spiro atoms. The predicted octanol–water partition coefficient (Wildman–Crippen LogP) is 2.50. The van der Waals surface area contributed by atoms with Crippen LogP contribution in [0.2, 0.25) is 0 Å². The first kappa shape index (κ1) is 20.8. The Morgan fingerprint density at radius 3 is 2.61 bits per heavy atom. The molecule has 4 rings (SSSR count). The number of hydrogen-bond acceptors (Lipinski definition) is 6. The number of likely N-dealkylation sites (tertiary alicyclic amines) is 1. The fourth-order valence-electron chi connectivity index (χ4n) is 3.83. The molecule has 31 heavy (non-hydrogen) atoms. The molecule has 2 aliphatic heterocycles. The van der Waals surface area contributed by atoms with Crippen LogP contribution in [0.25, 0.3) is 0 Å². The SMILES string of the molecule is COc1ccc(CCN2C[C@H](C(=O)Nc3ccc4c(c3)OCCO4)CC2=O)cc1OC. The van der Waals surface area contributed by atoms with Gasteiger partial charge in [0.1, 0.15) is 13.2 Å². The first-order chi connectivity index (χ1) is 15.1. The highest BCUT2D eigenvalue weighted by molar-refractivity contribution is 5.97. The van der Waals surface area contributed by atoms with Gasteiger partial charge in [0.05, 0.1) is 20.1 Å². The van der Waals surface area contributed by atoms with Crippen LogP contribution in [0.3, 0.4) is 0 Å². The van der Waals surface area contributed by atoms with Crippen LogP contribution in [0.15, 0.2) is 36.4 Å². The lowest BCUT2D eigenvalue weighted by Crippen LogP contribution is -2.30. The maximum atomic E-state index is 12.7. The van der Waals surface area contributed by atoms with Crippen LogP contribution in [-0.4, -0.2) is 57.2 Å². The van der Waals surface area contributed by atoms with Gasteiger partial charge in [0.15, 0.2) is 23.0 Å². The first-order valence-corrected chi connectivity index (χ1v) is 10.3. The van der Waals surface area contributed by atoms with E-state index in [2.05, 4.69) is 5.32 Å². The molecule has 8 heteroatoms. The third kappa shape index (κ3) is 4.68. The maximum absolute atomic E-state index is 12.7. The number of hydrogen-bond donors (Lipinski definition) is 1. The standard InChI is InChI=1S/C23H26N2O6/c1-28-18-5-3-15(11-20(18)29-2)7-8-25-14-16(12-22(25)26)23(27)24-17-4-6-19-21(13-17)31-10-9-30-19/h3-6,11,13,16H,7-10,12,14H2,1-2H3,(H,24,27)/t16-/m1/s1. The van der Waals surface area contributed by atoms with Gasteiger partial charge in [-0.05, 0) is 36.2 Å². The Balaban J connectivity index is 1.33. The summed E-state index contributed by atoms with van der Waals surface area (Å²) in [6, 6.07) is 11.0. The van der Waals surface area contributed by atoms with Gasteiger partial charge in [-0.3, -0.25) is 9.59 Å². The number of benzene rings is 2. The average molecular weight is 426 g/mol. The van der Waals surface area contributed by atoms with E-state index in [4.69, 9.17) is 18.9 Å². The molecule has 1 fully saturated rings. The van der Waals surface area contributed by atoms with E-state index in [1.165, 1.54) is 0 Å². The number of carbonyl (C=O) groups excluding carboxylic acids is 2. The number of nitrogens with one attached hydrogen (secondary N) is 1. The van der Waals surface area contributed by atoms with Crippen molar-refractivity contribution < 1.29 is 28.5 Å². The van der Waals surface area contributed by atoms with Crippen molar-refractivity contribution in [1.82, 2.24) is 4.90 Å². The summed E-state index contributed by atoms with van der Waals surface area (Å²) < 4.78 is 21.6.